The molecule has 2 heteroatoms. The van der Waals surface area contributed by atoms with Crippen molar-refractivity contribution in [2.45, 2.75) is 79.1 Å². The first-order valence-corrected chi connectivity index (χ1v) is 7.05. The molecule has 0 nitrogen and oxygen atoms in total. The molecule has 0 radical (unpaired) electrons. The molecule has 0 saturated heterocycles. The van der Waals surface area contributed by atoms with Gasteiger partial charge < -0.3 is 0 Å². The molecule has 0 saturated carbocycles. The van der Waals surface area contributed by atoms with Crippen LogP contribution >= 0.6 is 24.4 Å². The Morgan fingerprint density at radius 1 is 0.600 bits per heavy atom. The zero-order chi connectivity index (χ0) is 12.4. The van der Waals surface area contributed by atoms with E-state index in [4.69, 9.17) is 0 Å². The van der Waals surface area contributed by atoms with Gasteiger partial charge >= 0.3 is 0 Å². The van der Waals surface area contributed by atoms with Crippen LogP contribution in [0.5, 0.6) is 0 Å². The molecule has 0 aromatic carbocycles. The minimum Gasteiger partial charge on any atom is -0.0654 e. The molecule has 0 spiro atoms. The number of thiocarbonyl (C=S) groups is 2. The van der Waals surface area contributed by atoms with Gasteiger partial charge in [-0.05, 0) is 24.4 Å². The van der Waals surface area contributed by atoms with Crippen molar-refractivity contribution in [1.29, 1.82) is 0 Å². The predicted octanol–water partition coefficient (Wildman–Crippen LogP) is 6.19. The summed E-state index contributed by atoms with van der Waals surface area (Å²) in [4.78, 5) is 0. The Labute approximate surface area is 108 Å². The maximum Gasteiger partial charge on any atom is 0.0297 e. The first kappa shape index (κ1) is 20.6. The summed E-state index contributed by atoms with van der Waals surface area (Å²) in [6.07, 6.45) is 11.1. The standard InChI is InChI=1S/2C6H14.CS2/c2*1-3-5-6-4-2;2-1-3/h2*3-6H2,1-2H3;. The summed E-state index contributed by atoms with van der Waals surface area (Å²) in [7, 11) is 0. The molecule has 0 rings (SSSR count). The van der Waals surface area contributed by atoms with Gasteiger partial charge in [-0.15, -0.1) is 0 Å². The quantitative estimate of drug-likeness (QED) is 0.406. The lowest BCUT2D eigenvalue weighted by molar-refractivity contribution is 0.702. The summed E-state index contributed by atoms with van der Waals surface area (Å²) >= 11 is 7.92. The zero-order valence-corrected chi connectivity index (χ0v) is 12.6. The van der Waals surface area contributed by atoms with Gasteiger partial charge in [0.2, 0.25) is 0 Å². The number of hydrogen-bond acceptors (Lipinski definition) is 2. The first-order valence-electron chi connectivity index (χ1n) is 6.24. The largest absolute Gasteiger partial charge is 0.0654 e. The third kappa shape index (κ3) is 54.9. The second-order valence-electron chi connectivity index (χ2n) is 3.50. The third-order valence-electron chi connectivity index (χ3n) is 1.91. The fourth-order valence-electron chi connectivity index (χ4n) is 1.000. The van der Waals surface area contributed by atoms with E-state index in [2.05, 4.69) is 52.1 Å². The molecule has 0 bridgehead atoms. The van der Waals surface area contributed by atoms with Crippen molar-refractivity contribution in [2.24, 2.45) is 0 Å². The summed E-state index contributed by atoms with van der Waals surface area (Å²) in [6.45, 7) is 8.93. The average Bonchev–Trinajstić information content (AvgIpc) is 2.25. The van der Waals surface area contributed by atoms with Gasteiger partial charge in [0.1, 0.15) is 0 Å². The van der Waals surface area contributed by atoms with Gasteiger partial charge in [-0.3, -0.25) is 0 Å². The van der Waals surface area contributed by atoms with Crippen LogP contribution in [-0.4, -0.2) is 4.31 Å². The first-order chi connectivity index (χ1) is 7.24. The lowest BCUT2D eigenvalue weighted by Gasteiger charge is -1.86. The third-order valence-corrected chi connectivity index (χ3v) is 1.91. The maximum absolute atomic E-state index is 3.96. The van der Waals surface area contributed by atoms with Crippen LogP contribution in [0.25, 0.3) is 0 Å². The van der Waals surface area contributed by atoms with Crippen molar-refractivity contribution in [1.82, 2.24) is 0 Å². The highest BCUT2D eigenvalue weighted by Gasteiger charge is 1.75. The molecule has 0 heterocycles. The Hall–Kier alpha value is 0.220. The van der Waals surface area contributed by atoms with E-state index in [1.54, 1.807) is 0 Å². The minimum absolute atomic E-state index is 1.36. The summed E-state index contributed by atoms with van der Waals surface area (Å²) < 4.78 is 1.92. The highest BCUT2D eigenvalue weighted by atomic mass is 32.1. The van der Waals surface area contributed by atoms with Crippen molar-refractivity contribution in [2.75, 3.05) is 0 Å². The van der Waals surface area contributed by atoms with E-state index in [1.807, 2.05) is 4.31 Å². The molecule has 0 aromatic heterocycles. The second kappa shape index (κ2) is 29.2. The molecule has 0 amide bonds. The van der Waals surface area contributed by atoms with Crippen LogP contribution in [0, 0.1) is 0 Å². The Balaban J connectivity index is -0.000000153. The van der Waals surface area contributed by atoms with Crippen LogP contribution in [0.2, 0.25) is 0 Å². The van der Waals surface area contributed by atoms with Gasteiger partial charge in [-0.25, -0.2) is 0 Å². The summed E-state index contributed by atoms with van der Waals surface area (Å²) in [6, 6.07) is 0. The van der Waals surface area contributed by atoms with Gasteiger partial charge in [0.15, 0.2) is 0 Å². The molecule has 0 aromatic rings. The van der Waals surface area contributed by atoms with Crippen LogP contribution < -0.4 is 0 Å². The van der Waals surface area contributed by atoms with E-state index in [9.17, 15) is 0 Å². The number of rotatable bonds is 6. The van der Waals surface area contributed by atoms with Crippen LogP contribution in [-0.2, 0) is 0 Å². The summed E-state index contributed by atoms with van der Waals surface area (Å²) in [5.74, 6) is 0. The lowest BCUT2D eigenvalue weighted by atomic mass is 10.2. The van der Waals surface area contributed by atoms with E-state index in [0.29, 0.717) is 0 Å². The van der Waals surface area contributed by atoms with Gasteiger partial charge in [0.25, 0.3) is 0 Å². The van der Waals surface area contributed by atoms with Gasteiger partial charge in [-0.2, -0.15) is 0 Å². The molecular weight excluding hydrogens is 220 g/mol. The normalized spacial score (nSPS) is 7.73. The monoisotopic (exact) mass is 248 g/mol. The van der Waals surface area contributed by atoms with E-state index in [1.165, 1.54) is 51.4 Å². The van der Waals surface area contributed by atoms with Gasteiger partial charge in [0.05, 0.1) is 0 Å². The molecule has 0 unspecified atom stereocenters. The van der Waals surface area contributed by atoms with Crippen molar-refractivity contribution in [3.05, 3.63) is 0 Å². The van der Waals surface area contributed by atoms with Crippen molar-refractivity contribution in [3.8, 4) is 0 Å². The number of unbranched alkanes of at least 4 members (excludes halogenated alkanes) is 6. The molecule has 0 aliphatic carbocycles. The van der Waals surface area contributed by atoms with Crippen LogP contribution in [0.15, 0.2) is 0 Å². The SMILES string of the molecule is CCCCCC.CCCCCC.S=C=S. The molecule has 92 valence electrons. The smallest absolute Gasteiger partial charge is 0.0297 e. The van der Waals surface area contributed by atoms with Gasteiger partial charge in [-0.1, -0.05) is 79.1 Å². The lowest BCUT2D eigenvalue weighted by Crippen LogP contribution is -1.66. The zero-order valence-electron chi connectivity index (χ0n) is 11.0. The van der Waals surface area contributed by atoms with Crippen molar-refractivity contribution >= 4 is 28.7 Å². The number of hydrogen-bond donors (Lipinski definition) is 0. The van der Waals surface area contributed by atoms with Crippen LogP contribution in [0.3, 0.4) is 0 Å². The molecular formula is C13H28S2. The second-order valence-corrected chi connectivity index (χ2v) is 4.16. The van der Waals surface area contributed by atoms with E-state index >= 15 is 0 Å². The fourth-order valence-corrected chi connectivity index (χ4v) is 1.000. The average molecular weight is 249 g/mol. The van der Waals surface area contributed by atoms with E-state index in [0.717, 1.165) is 0 Å². The molecule has 0 fully saturated rings. The Morgan fingerprint density at radius 2 is 0.733 bits per heavy atom. The highest BCUT2D eigenvalue weighted by Crippen LogP contribution is 1.95. The van der Waals surface area contributed by atoms with Crippen molar-refractivity contribution in [3.63, 3.8) is 0 Å². The summed E-state index contributed by atoms with van der Waals surface area (Å²) in [5.41, 5.74) is 0. The highest BCUT2D eigenvalue weighted by molar-refractivity contribution is 7.93. The van der Waals surface area contributed by atoms with E-state index < -0.39 is 0 Å². The summed E-state index contributed by atoms with van der Waals surface area (Å²) in [5, 5.41) is 0. The maximum atomic E-state index is 3.96. The molecule has 0 atom stereocenters. The molecule has 15 heavy (non-hydrogen) atoms. The minimum atomic E-state index is 1.36. The topological polar surface area (TPSA) is 0 Å². The van der Waals surface area contributed by atoms with Crippen LogP contribution in [0.4, 0.5) is 0 Å². The Bertz CT molecular complexity index is 89.1. The Kier molecular flexibility index (Phi) is 40.2. The van der Waals surface area contributed by atoms with Crippen LogP contribution in [0.1, 0.15) is 79.1 Å². The Morgan fingerprint density at radius 3 is 0.800 bits per heavy atom. The molecule has 0 aliphatic heterocycles. The fraction of sp³-hybridized carbons (Fsp3) is 0.923. The van der Waals surface area contributed by atoms with Gasteiger partial charge in [0, 0.05) is 4.31 Å². The predicted molar refractivity (Wildman–Crippen MR) is 79.8 cm³/mol. The van der Waals surface area contributed by atoms with Crippen molar-refractivity contribution < 1.29 is 0 Å². The molecule has 0 N–H and O–H groups in total. The van der Waals surface area contributed by atoms with E-state index in [-0.39, 0.29) is 0 Å². The molecule has 0 aliphatic rings.